The van der Waals surface area contributed by atoms with Gasteiger partial charge in [-0.05, 0) is 50.1 Å². The zero-order chi connectivity index (χ0) is 20.8. The van der Waals surface area contributed by atoms with E-state index in [9.17, 15) is 9.59 Å². The van der Waals surface area contributed by atoms with Crippen molar-refractivity contribution in [3.05, 3.63) is 52.3 Å². The van der Waals surface area contributed by atoms with Crippen molar-refractivity contribution in [1.29, 1.82) is 0 Å². The lowest BCUT2D eigenvalue weighted by molar-refractivity contribution is -0.140. The zero-order valence-electron chi connectivity index (χ0n) is 16.7. The summed E-state index contributed by atoms with van der Waals surface area (Å²) in [5, 5.41) is 4.86. The second-order valence-corrected chi connectivity index (χ2v) is 7.23. The van der Waals surface area contributed by atoms with E-state index in [1.54, 1.807) is 42.1 Å². The normalized spacial score (nSPS) is 12.4. The zero-order valence-corrected chi connectivity index (χ0v) is 17.5. The molecule has 1 atom stereocenters. The number of aromatic nitrogens is 2. The number of esters is 1. The van der Waals surface area contributed by atoms with E-state index in [0.29, 0.717) is 34.5 Å². The highest BCUT2D eigenvalue weighted by Crippen LogP contribution is 2.22. The number of carbonyl (C=O) groups is 2. The number of hydrogen-bond acceptors (Lipinski definition) is 5. The molecule has 7 heteroatoms. The van der Waals surface area contributed by atoms with Crippen LogP contribution in [0.1, 0.15) is 42.4 Å². The minimum absolute atomic E-state index is 0.289. The number of halogens is 1. The van der Waals surface area contributed by atoms with Crippen molar-refractivity contribution in [2.75, 3.05) is 7.11 Å². The summed E-state index contributed by atoms with van der Waals surface area (Å²) in [6, 6.07) is 6.63. The number of rotatable bonds is 8. The third-order valence-electron chi connectivity index (χ3n) is 4.07. The smallest absolute Gasteiger partial charge is 0.331 e. The van der Waals surface area contributed by atoms with Crippen molar-refractivity contribution >= 4 is 29.4 Å². The van der Waals surface area contributed by atoms with Crippen molar-refractivity contribution in [2.24, 2.45) is 5.92 Å². The summed E-state index contributed by atoms with van der Waals surface area (Å²) in [5.41, 5.74) is 1.82. The summed E-state index contributed by atoms with van der Waals surface area (Å²) in [5.74, 6) is 0.127. The highest BCUT2D eigenvalue weighted by Gasteiger charge is 2.19. The highest BCUT2D eigenvalue weighted by molar-refractivity contribution is 6.31. The van der Waals surface area contributed by atoms with Crippen LogP contribution in [0.3, 0.4) is 0 Å². The Hall–Kier alpha value is -2.60. The number of nitrogens with zero attached hydrogens (tertiary/aromatic N) is 2. The topological polar surface area (TPSA) is 70.4 Å². The van der Waals surface area contributed by atoms with Gasteiger partial charge in [-0.15, -0.1) is 0 Å². The van der Waals surface area contributed by atoms with E-state index in [4.69, 9.17) is 21.1 Å². The molecule has 0 N–H and O–H groups in total. The molecule has 0 radical (unpaired) electrons. The van der Waals surface area contributed by atoms with E-state index in [-0.39, 0.29) is 5.78 Å². The molecule has 0 aliphatic carbocycles. The molecule has 2 aromatic rings. The van der Waals surface area contributed by atoms with Crippen LogP contribution in [0.15, 0.2) is 30.3 Å². The minimum Gasteiger partial charge on any atom is -0.497 e. The van der Waals surface area contributed by atoms with Crippen LogP contribution in [0.25, 0.3) is 6.08 Å². The predicted molar refractivity (Wildman–Crippen MR) is 109 cm³/mol. The monoisotopic (exact) mass is 404 g/mol. The van der Waals surface area contributed by atoms with Gasteiger partial charge in [0.1, 0.15) is 10.9 Å². The Morgan fingerprint density at radius 1 is 1.21 bits per heavy atom. The largest absolute Gasteiger partial charge is 0.497 e. The molecule has 1 aromatic carbocycles. The van der Waals surface area contributed by atoms with Crippen LogP contribution >= 0.6 is 11.6 Å². The van der Waals surface area contributed by atoms with Gasteiger partial charge in [-0.25, -0.2) is 4.79 Å². The minimum atomic E-state index is -0.911. The summed E-state index contributed by atoms with van der Waals surface area (Å²) in [6.45, 7) is 8.19. The van der Waals surface area contributed by atoms with Crippen LogP contribution in [-0.4, -0.2) is 34.7 Å². The number of methoxy groups -OCH3 is 1. The van der Waals surface area contributed by atoms with E-state index in [1.165, 1.54) is 13.0 Å². The first-order valence-corrected chi connectivity index (χ1v) is 9.40. The van der Waals surface area contributed by atoms with Crippen LogP contribution in [-0.2, 0) is 16.1 Å². The third-order valence-corrected chi connectivity index (χ3v) is 4.47. The summed E-state index contributed by atoms with van der Waals surface area (Å²) < 4.78 is 12.0. The van der Waals surface area contributed by atoms with Crippen molar-refractivity contribution in [2.45, 2.75) is 40.3 Å². The van der Waals surface area contributed by atoms with Gasteiger partial charge in [0.25, 0.3) is 0 Å². The van der Waals surface area contributed by atoms with Crippen LogP contribution in [0.4, 0.5) is 0 Å². The number of ketones is 1. The van der Waals surface area contributed by atoms with E-state index >= 15 is 0 Å². The lowest BCUT2D eigenvalue weighted by Gasteiger charge is -2.11. The van der Waals surface area contributed by atoms with Gasteiger partial charge in [0.15, 0.2) is 6.10 Å². The number of carbonyl (C=O) groups excluding carboxylic acids is 2. The molecular weight excluding hydrogens is 380 g/mol. The molecule has 0 unspecified atom stereocenters. The van der Waals surface area contributed by atoms with E-state index in [2.05, 4.69) is 18.9 Å². The Balaban J connectivity index is 2.02. The average Bonchev–Trinajstić information content (AvgIpc) is 2.91. The van der Waals surface area contributed by atoms with Crippen LogP contribution in [0.2, 0.25) is 5.15 Å². The van der Waals surface area contributed by atoms with Gasteiger partial charge in [0.05, 0.1) is 12.8 Å². The molecule has 1 aromatic heterocycles. The average molecular weight is 405 g/mol. The first-order chi connectivity index (χ1) is 13.2. The Morgan fingerprint density at radius 2 is 1.86 bits per heavy atom. The number of aryl methyl sites for hydroxylation is 1. The van der Waals surface area contributed by atoms with Gasteiger partial charge in [0.2, 0.25) is 5.78 Å². The Bertz CT molecular complexity index is 869. The van der Waals surface area contributed by atoms with Gasteiger partial charge in [-0.2, -0.15) is 5.10 Å². The lowest BCUT2D eigenvalue weighted by atomic mass is 10.1. The van der Waals surface area contributed by atoms with Gasteiger partial charge in [0, 0.05) is 23.7 Å². The maximum Gasteiger partial charge on any atom is 0.331 e. The molecule has 6 nitrogen and oxygen atoms in total. The van der Waals surface area contributed by atoms with E-state index in [1.807, 2.05) is 6.92 Å². The molecule has 28 heavy (non-hydrogen) atoms. The van der Waals surface area contributed by atoms with E-state index in [0.717, 1.165) is 5.69 Å². The lowest BCUT2D eigenvalue weighted by Crippen LogP contribution is -2.23. The standard InChI is InChI=1S/C21H25ClN2O4/c1-13(2)12-24-21(22)18(14(3)23-24)10-11-19(25)28-15(4)20(26)16-6-8-17(27-5)9-7-16/h6-11,13,15H,12H2,1-5H3/b11-10+/t15-/m0/s1. The highest BCUT2D eigenvalue weighted by atomic mass is 35.5. The Kier molecular flexibility index (Phi) is 7.40. The van der Waals surface area contributed by atoms with Gasteiger partial charge in [-0.1, -0.05) is 25.4 Å². The van der Waals surface area contributed by atoms with Gasteiger partial charge >= 0.3 is 5.97 Å². The first kappa shape index (κ1) is 21.7. The fourth-order valence-electron chi connectivity index (χ4n) is 2.63. The van der Waals surface area contributed by atoms with Crippen molar-refractivity contribution in [3.8, 4) is 5.75 Å². The predicted octanol–water partition coefficient (Wildman–Crippen LogP) is 4.34. The molecule has 0 saturated heterocycles. The molecule has 0 spiro atoms. The maximum absolute atomic E-state index is 12.4. The van der Waals surface area contributed by atoms with Crippen molar-refractivity contribution < 1.29 is 19.1 Å². The number of ether oxygens (including phenoxy) is 2. The molecule has 2 rings (SSSR count). The van der Waals surface area contributed by atoms with E-state index < -0.39 is 12.1 Å². The molecule has 0 amide bonds. The van der Waals surface area contributed by atoms with Crippen LogP contribution in [0, 0.1) is 12.8 Å². The fourth-order valence-corrected chi connectivity index (χ4v) is 2.94. The molecule has 0 saturated carbocycles. The molecule has 150 valence electrons. The SMILES string of the molecule is COc1ccc(C(=O)[C@H](C)OC(=O)/C=C/c2c(C)nn(CC(C)C)c2Cl)cc1. The molecule has 0 bridgehead atoms. The summed E-state index contributed by atoms with van der Waals surface area (Å²) >= 11 is 6.35. The quantitative estimate of drug-likeness (QED) is 0.372. The van der Waals surface area contributed by atoms with Crippen molar-refractivity contribution in [1.82, 2.24) is 9.78 Å². The second-order valence-electron chi connectivity index (χ2n) is 6.87. The Labute approximate surface area is 170 Å². The number of benzene rings is 1. The summed E-state index contributed by atoms with van der Waals surface area (Å²) in [6.07, 6.45) is 1.91. The third kappa shape index (κ3) is 5.45. The number of hydrogen-bond donors (Lipinski definition) is 0. The molecular formula is C21H25ClN2O4. The molecule has 0 aliphatic rings. The van der Waals surface area contributed by atoms with Crippen molar-refractivity contribution in [3.63, 3.8) is 0 Å². The van der Waals surface area contributed by atoms with Crippen LogP contribution in [0.5, 0.6) is 5.75 Å². The van der Waals surface area contributed by atoms with Gasteiger partial charge in [-0.3, -0.25) is 9.48 Å². The van der Waals surface area contributed by atoms with Gasteiger partial charge < -0.3 is 9.47 Å². The maximum atomic E-state index is 12.4. The summed E-state index contributed by atoms with van der Waals surface area (Å²) in [4.78, 5) is 24.5. The number of Topliss-reactive ketones (excluding diaryl/α,β-unsaturated/α-hetero) is 1. The molecule has 0 fully saturated rings. The Morgan fingerprint density at radius 3 is 2.43 bits per heavy atom. The summed E-state index contributed by atoms with van der Waals surface area (Å²) in [7, 11) is 1.55. The first-order valence-electron chi connectivity index (χ1n) is 9.02. The molecule has 0 aliphatic heterocycles. The molecule has 1 heterocycles. The second kappa shape index (κ2) is 9.55. The van der Waals surface area contributed by atoms with Crippen LogP contribution < -0.4 is 4.74 Å². The fraction of sp³-hybridized carbons (Fsp3) is 0.381.